The van der Waals surface area contributed by atoms with Crippen molar-refractivity contribution in [2.75, 3.05) is 111 Å². The molecule has 0 saturated carbocycles. The summed E-state index contributed by atoms with van der Waals surface area (Å²) in [4.78, 5) is 21.2. The van der Waals surface area contributed by atoms with Crippen LogP contribution in [0.2, 0.25) is 0 Å². The van der Waals surface area contributed by atoms with Crippen LogP contribution < -0.4 is 14.8 Å². The van der Waals surface area contributed by atoms with E-state index >= 15 is 0 Å². The van der Waals surface area contributed by atoms with Gasteiger partial charge < -0.3 is 47.9 Å². The third kappa shape index (κ3) is 19.7. The van der Waals surface area contributed by atoms with Crippen molar-refractivity contribution in [1.82, 2.24) is 0 Å². The van der Waals surface area contributed by atoms with Crippen LogP contribution in [0.15, 0.2) is 48.5 Å². The molecule has 0 bridgehead atoms. The number of non-ortho nitro benzene ring substituents is 1. The van der Waals surface area contributed by atoms with Crippen molar-refractivity contribution in [3.8, 4) is 11.5 Å². The number of nitro groups is 1. The number of nitrogens with one attached hydrogen (secondary N) is 1. The Morgan fingerprint density at radius 3 is 1.14 bits per heavy atom. The molecule has 2 rings (SSSR count). The van der Waals surface area contributed by atoms with Gasteiger partial charge in [0.15, 0.2) is 0 Å². The maximum Gasteiger partial charge on any atom is 0.269 e. The molecule has 14 nitrogen and oxygen atoms in total. The number of benzene rings is 2. The predicted molar refractivity (Wildman–Crippen MR) is 161 cm³/mol. The zero-order chi connectivity index (χ0) is 31.5. The highest BCUT2D eigenvalue weighted by Gasteiger charge is 2.04. The lowest BCUT2D eigenvalue weighted by atomic mass is 10.3. The van der Waals surface area contributed by atoms with Gasteiger partial charge in [0.25, 0.3) is 5.69 Å². The van der Waals surface area contributed by atoms with E-state index in [4.69, 9.17) is 42.6 Å². The van der Waals surface area contributed by atoms with Gasteiger partial charge in [0.05, 0.1) is 97.4 Å². The summed E-state index contributed by atoms with van der Waals surface area (Å²) >= 11 is 0. The largest absolute Gasteiger partial charge is 0.491 e. The van der Waals surface area contributed by atoms with Crippen LogP contribution in [-0.2, 0) is 38.0 Å². The quantitative estimate of drug-likeness (QED) is 0.0840. The molecule has 246 valence electrons. The van der Waals surface area contributed by atoms with Crippen LogP contribution in [0.1, 0.15) is 6.92 Å². The van der Waals surface area contributed by atoms with Crippen molar-refractivity contribution >= 4 is 17.3 Å². The highest BCUT2D eigenvalue weighted by atomic mass is 16.6. The minimum Gasteiger partial charge on any atom is -0.491 e. The first kappa shape index (κ1) is 36.8. The zero-order valence-electron chi connectivity index (χ0n) is 25.3. The van der Waals surface area contributed by atoms with Crippen LogP contribution in [0.4, 0.5) is 11.4 Å². The van der Waals surface area contributed by atoms with Crippen molar-refractivity contribution < 1.29 is 52.3 Å². The number of nitrogens with zero attached hydrogens (tertiary/aromatic N) is 1. The van der Waals surface area contributed by atoms with Crippen LogP contribution in [-0.4, -0.2) is 117 Å². The molecule has 0 aromatic heterocycles. The van der Waals surface area contributed by atoms with E-state index in [1.807, 2.05) is 0 Å². The molecular weight excluding hydrogens is 580 g/mol. The number of nitro benzene ring substituents is 1. The van der Waals surface area contributed by atoms with E-state index in [0.717, 1.165) is 5.69 Å². The van der Waals surface area contributed by atoms with Crippen molar-refractivity contribution in [1.29, 1.82) is 0 Å². The molecule has 0 unspecified atom stereocenters. The molecule has 2 aromatic rings. The van der Waals surface area contributed by atoms with E-state index in [-0.39, 0.29) is 11.6 Å². The Morgan fingerprint density at radius 1 is 0.545 bits per heavy atom. The Labute approximate surface area is 257 Å². The molecule has 1 amide bonds. The lowest BCUT2D eigenvalue weighted by molar-refractivity contribution is -0.384. The number of amides is 1. The first-order valence-corrected chi connectivity index (χ1v) is 14.5. The molecule has 14 heteroatoms. The Kier molecular flexibility index (Phi) is 20.9. The van der Waals surface area contributed by atoms with E-state index < -0.39 is 4.92 Å². The average molecular weight is 625 g/mol. The number of hydrogen-bond acceptors (Lipinski definition) is 12. The van der Waals surface area contributed by atoms with Gasteiger partial charge >= 0.3 is 0 Å². The highest BCUT2D eigenvalue weighted by molar-refractivity contribution is 5.88. The first-order chi connectivity index (χ1) is 21.5. The standard InChI is InChI=1S/C30H44N2O12/c1-26(33)31-27-2-6-29(7-3-27)43-24-22-41-20-18-39-16-14-37-12-10-36-11-13-38-15-17-40-19-21-42-23-25-44-30-8-4-28(5-9-30)32(34)35/h2-9H,10-25H2,1H3,(H,31,33). The summed E-state index contributed by atoms with van der Waals surface area (Å²) in [5.74, 6) is 1.15. The van der Waals surface area contributed by atoms with Gasteiger partial charge in [0, 0.05) is 24.7 Å². The van der Waals surface area contributed by atoms with E-state index in [9.17, 15) is 14.9 Å². The third-order valence-electron chi connectivity index (χ3n) is 5.45. The summed E-state index contributed by atoms with van der Waals surface area (Å²) in [6.07, 6.45) is 0. The summed E-state index contributed by atoms with van der Waals surface area (Å²) in [6, 6.07) is 13.0. The summed E-state index contributed by atoms with van der Waals surface area (Å²) in [5.41, 5.74) is 0.748. The number of ether oxygens (including phenoxy) is 9. The number of carbonyl (C=O) groups excluding carboxylic acids is 1. The summed E-state index contributed by atoms with van der Waals surface area (Å²) in [6.45, 7) is 8.65. The molecule has 0 aliphatic carbocycles. The molecule has 0 fully saturated rings. The summed E-state index contributed by atoms with van der Waals surface area (Å²) in [7, 11) is 0. The van der Waals surface area contributed by atoms with Gasteiger partial charge in [-0.3, -0.25) is 14.9 Å². The van der Waals surface area contributed by atoms with E-state index in [1.165, 1.54) is 19.1 Å². The smallest absolute Gasteiger partial charge is 0.269 e. The molecule has 1 N–H and O–H groups in total. The third-order valence-corrected chi connectivity index (χ3v) is 5.45. The van der Waals surface area contributed by atoms with Crippen LogP contribution in [0.5, 0.6) is 11.5 Å². The number of anilines is 1. The van der Waals surface area contributed by atoms with Crippen LogP contribution >= 0.6 is 0 Å². The van der Waals surface area contributed by atoms with Gasteiger partial charge in [0.1, 0.15) is 24.7 Å². The lowest BCUT2D eigenvalue weighted by Crippen LogP contribution is -2.15. The monoisotopic (exact) mass is 624 g/mol. The topological polar surface area (TPSA) is 155 Å². The minimum atomic E-state index is -0.454. The van der Waals surface area contributed by atoms with E-state index in [2.05, 4.69) is 5.32 Å². The number of carbonyl (C=O) groups is 1. The molecule has 0 atom stereocenters. The van der Waals surface area contributed by atoms with Gasteiger partial charge in [-0.15, -0.1) is 0 Å². The van der Waals surface area contributed by atoms with Crippen LogP contribution in [0.3, 0.4) is 0 Å². The van der Waals surface area contributed by atoms with Gasteiger partial charge in [-0.2, -0.15) is 0 Å². The zero-order valence-corrected chi connectivity index (χ0v) is 25.3. The Morgan fingerprint density at radius 2 is 0.841 bits per heavy atom. The number of rotatable bonds is 28. The van der Waals surface area contributed by atoms with Crippen LogP contribution in [0.25, 0.3) is 0 Å². The molecule has 0 spiro atoms. The van der Waals surface area contributed by atoms with Crippen molar-refractivity contribution in [3.05, 3.63) is 58.6 Å². The van der Waals surface area contributed by atoms with Gasteiger partial charge in [-0.25, -0.2) is 0 Å². The van der Waals surface area contributed by atoms with Gasteiger partial charge in [0.2, 0.25) is 5.91 Å². The second kappa shape index (κ2) is 25.0. The van der Waals surface area contributed by atoms with E-state index in [0.29, 0.717) is 117 Å². The fourth-order valence-corrected chi connectivity index (χ4v) is 3.36. The molecule has 2 aromatic carbocycles. The normalized spacial score (nSPS) is 10.9. The maximum absolute atomic E-state index is 11.0. The first-order valence-electron chi connectivity index (χ1n) is 14.5. The van der Waals surface area contributed by atoms with Crippen molar-refractivity contribution in [2.45, 2.75) is 6.92 Å². The molecular formula is C30H44N2O12. The molecule has 0 radical (unpaired) electrons. The Bertz CT molecular complexity index is 1010. The average Bonchev–Trinajstić information content (AvgIpc) is 3.01. The van der Waals surface area contributed by atoms with Gasteiger partial charge in [-0.1, -0.05) is 0 Å². The molecule has 0 aliphatic heterocycles. The van der Waals surface area contributed by atoms with Crippen molar-refractivity contribution in [2.24, 2.45) is 0 Å². The van der Waals surface area contributed by atoms with Gasteiger partial charge in [-0.05, 0) is 36.4 Å². The predicted octanol–water partition coefficient (Wildman–Crippen LogP) is 3.13. The molecule has 0 heterocycles. The Hall–Kier alpha value is -3.37. The highest BCUT2D eigenvalue weighted by Crippen LogP contribution is 2.17. The summed E-state index contributed by atoms with van der Waals surface area (Å²) < 4.78 is 49.2. The lowest BCUT2D eigenvalue weighted by Gasteiger charge is -2.09. The Balaban J connectivity index is 1.22. The fourth-order valence-electron chi connectivity index (χ4n) is 3.36. The molecule has 0 aliphatic rings. The van der Waals surface area contributed by atoms with Crippen LogP contribution in [0, 0.1) is 10.1 Å². The summed E-state index contributed by atoms with van der Waals surface area (Å²) in [5, 5.41) is 13.3. The second-order valence-electron chi connectivity index (χ2n) is 8.94. The second-order valence-corrected chi connectivity index (χ2v) is 8.94. The molecule has 0 saturated heterocycles. The SMILES string of the molecule is CC(=O)Nc1ccc(OCCOCCOCCOCCOCCOCCOCCOCCOc2ccc([N+](=O)[O-])cc2)cc1. The minimum absolute atomic E-state index is 0.0232. The fraction of sp³-hybridized carbons (Fsp3) is 0.567. The van der Waals surface area contributed by atoms with Crippen molar-refractivity contribution in [3.63, 3.8) is 0 Å². The number of hydrogen-bond donors (Lipinski definition) is 1. The van der Waals surface area contributed by atoms with E-state index in [1.54, 1.807) is 36.4 Å². The molecule has 44 heavy (non-hydrogen) atoms. The maximum atomic E-state index is 11.0.